The number of nitrogens with one attached hydrogen (secondary N) is 1. The van der Waals surface area contributed by atoms with E-state index in [-0.39, 0.29) is 0 Å². The average molecular weight is 157 g/mol. The summed E-state index contributed by atoms with van der Waals surface area (Å²) in [6, 6.07) is 0.747. The van der Waals surface area contributed by atoms with Gasteiger partial charge in [0.1, 0.15) is 0 Å². The van der Waals surface area contributed by atoms with E-state index >= 15 is 0 Å². The first kappa shape index (κ1) is 8.15. The highest BCUT2D eigenvalue weighted by Crippen LogP contribution is 2.16. The SMILES string of the molecule is C=CCNC1CCCSC1. The van der Waals surface area contributed by atoms with E-state index in [0.717, 1.165) is 12.6 Å². The Labute approximate surface area is 67.3 Å². The van der Waals surface area contributed by atoms with Crippen LogP contribution in [0.1, 0.15) is 12.8 Å². The first-order chi connectivity index (χ1) is 4.93. The van der Waals surface area contributed by atoms with Crippen molar-refractivity contribution in [2.24, 2.45) is 0 Å². The lowest BCUT2D eigenvalue weighted by Crippen LogP contribution is -2.33. The Bertz CT molecular complexity index is 97.4. The summed E-state index contributed by atoms with van der Waals surface area (Å²) < 4.78 is 0. The third-order valence-electron chi connectivity index (χ3n) is 1.71. The van der Waals surface area contributed by atoms with Crippen LogP contribution in [0, 0.1) is 0 Å². The molecule has 1 N–H and O–H groups in total. The van der Waals surface area contributed by atoms with Crippen molar-refractivity contribution in [1.82, 2.24) is 5.32 Å². The smallest absolute Gasteiger partial charge is 0.0161 e. The lowest BCUT2D eigenvalue weighted by atomic mass is 10.2. The minimum absolute atomic E-state index is 0.747. The Hall–Kier alpha value is 0.0500. The Morgan fingerprint density at radius 3 is 3.20 bits per heavy atom. The van der Waals surface area contributed by atoms with Crippen molar-refractivity contribution >= 4 is 11.8 Å². The predicted octanol–water partition coefficient (Wildman–Crippen LogP) is 1.66. The second kappa shape index (κ2) is 4.80. The van der Waals surface area contributed by atoms with Crippen molar-refractivity contribution in [3.63, 3.8) is 0 Å². The van der Waals surface area contributed by atoms with E-state index in [9.17, 15) is 0 Å². The lowest BCUT2D eigenvalue weighted by molar-refractivity contribution is 0.535. The highest BCUT2D eigenvalue weighted by atomic mass is 32.2. The molecule has 1 heterocycles. The molecule has 0 aliphatic carbocycles. The fourth-order valence-electron chi connectivity index (χ4n) is 1.15. The van der Waals surface area contributed by atoms with Gasteiger partial charge in [0.15, 0.2) is 0 Å². The molecule has 0 saturated carbocycles. The molecule has 1 rings (SSSR count). The fraction of sp³-hybridized carbons (Fsp3) is 0.750. The monoisotopic (exact) mass is 157 g/mol. The standard InChI is InChI=1S/C8H15NS/c1-2-5-9-8-4-3-6-10-7-8/h2,8-9H,1,3-7H2. The van der Waals surface area contributed by atoms with Crippen molar-refractivity contribution in [3.05, 3.63) is 12.7 Å². The first-order valence-corrected chi connectivity index (χ1v) is 5.01. The van der Waals surface area contributed by atoms with Crippen LogP contribution >= 0.6 is 11.8 Å². The largest absolute Gasteiger partial charge is 0.310 e. The van der Waals surface area contributed by atoms with Gasteiger partial charge in [-0.2, -0.15) is 11.8 Å². The van der Waals surface area contributed by atoms with E-state index in [4.69, 9.17) is 0 Å². The number of rotatable bonds is 3. The highest BCUT2D eigenvalue weighted by molar-refractivity contribution is 7.99. The fourth-order valence-corrected chi connectivity index (χ4v) is 2.26. The van der Waals surface area contributed by atoms with Crippen LogP contribution in [0.3, 0.4) is 0 Å². The minimum atomic E-state index is 0.747. The molecule has 0 radical (unpaired) electrons. The quantitative estimate of drug-likeness (QED) is 0.625. The van der Waals surface area contributed by atoms with E-state index in [2.05, 4.69) is 23.7 Å². The first-order valence-electron chi connectivity index (χ1n) is 3.85. The van der Waals surface area contributed by atoms with Crippen molar-refractivity contribution < 1.29 is 0 Å². The third kappa shape index (κ3) is 2.76. The highest BCUT2D eigenvalue weighted by Gasteiger charge is 2.11. The van der Waals surface area contributed by atoms with Gasteiger partial charge in [0.05, 0.1) is 0 Å². The normalized spacial score (nSPS) is 26.2. The van der Waals surface area contributed by atoms with E-state index in [1.807, 2.05) is 6.08 Å². The van der Waals surface area contributed by atoms with Gasteiger partial charge in [-0.3, -0.25) is 0 Å². The Morgan fingerprint density at radius 1 is 1.70 bits per heavy atom. The van der Waals surface area contributed by atoms with E-state index in [1.165, 1.54) is 24.3 Å². The molecule has 0 aromatic heterocycles. The molecule has 1 fully saturated rings. The van der Waals surface area contributed by atoms with Crippen molar-refractivity contribution in [3.8, 4) is 0 Å². The van der Waals surface area contributed by atoms with Gasteiger partial charge in [0.25, 0.3) is 0 Å². The van der Waals surface area contributed by atoms with Crippen LogP contribution in [-0.2, 0) is 0 Å². The summed E-state index contributed by atoms with van der Waals surface area (Å²) in [6.07, 6.45) is 4.65. The van der Waals surface area contributed by atoms with Crippen LogP contribution in [0.5, 0.6) is 0 Å². The topological polar surface area (TPSA) is 12.0 Å². The van der Waals surface area contributed by atoms with Gasteiger partial charge < -0.3 is 5.32 Å². The summed E-state index contributed by atoms with van der Waals surface area (Å²) in [5, 5.41) is 3.43. The summed E-state index contributed by atoms with van der Waals surface area (Å²) >= 11 is 2.06. The number of thioether (sulfide) groups is 1. The zero-order valence-corrected chi connectivity index (χ0v) is 7.12. The summed E-state index contributed by atoms with van der Waals surface area (Å²) in [7, 11) is 0. The second-order valence-corrected chi connectivity index (χ2v) is 3.76. The summed E-state index contributed by atoms with van der Waals surface area (Å²) in [4.78, 5) is 0. The Morgan fingerprint density at radius 2 is 2.60 bits per heavy atom. The zero-order chi connectivity index (χ0) is 7.23. The molecule has 1 unspecified atom stereocenters. The van der Waals surface area contributed by atoms with Gasteiger partial charge in [-0.05, 0) is 18.6 Å². The molecule has 1 atom stereocenters. The molecule has 0 aromatic carbocycles. The van der Waals surface area contributed by atoms with Crippen molar-refractivity contribution in [1.29, 1.82) is 0 Å². The van der Waals surface area contributed by atoms with Gasteiger partial charge in [-0.25, -0.2) is 0 Å². The van der Waals surface area contributed by atoms with Gasteiger partial charge in [0.2, 0.25) is 0 Å². The van der Waals surface area contributed by atoms with Crippen LogP contribution in [0.2, 0.25) is 0 Å². The van der Waals surface area contributed by atoms with E-state index < -0.39 is 0 Å². The average Bonchev–Trinajstić information content (AvgIpc) is 2.03. The predicted molar refractivity (Wildman–Crippen MR) is 48.5 cm³/mol. The number of hydrogen-bond donors (Lipinski definition) is 1. The minimum Gasteiger partial charge on any atom is -0.310 e. The Balaban J connectivity index is 2.07. The maximum absolute atomic E-state index is 3.68. The second-order valence-electron chi connectivity index (χ2n) is 2.61. The summed E-state index contributed by atoms with van der Waals surface area (Å²) in [5.74, 6) is 2.64. The van der Waals surface area contributed by atoms with Crippen LogP contribution in [0.4, 0.5) is 0 Å². The van der Waals surface area contributed by atoms with Gasteiger partial charge in [0, 0.05) is 18.3 Å². The molecule has 0 spiro atoms. The van der Waals surface area contributed by atoms with E-state index in [0.29, 0.717) is 0 Å². The number of hydrogen-bond acceptors (Lipinski definition) is 2. The van der Waals surface area contributed by atoms with Crippen molar-refractivity contribution in [2.45, 2.75) is 18.9 Å². The Kier molecular flexibility index (Phi) is 3.91. The molecular formula is C8H15NS. The van der Waals surface area contributed by atoms with Crippen LogP contribution in [-0.4, -0.2) is 24.1 Å². The molecule has 1 aliphatic heterocycles. The van der Waals surface area contributed by atoms with Gasteiger partial charge in [-0.15, -0.1) is 6.58 Å². The molecule has 1 aliphatic rings. The molecule has 58 valence electrons. The van der Waals surface area contributed by atoms with Gasteiger partial charge >= 0.3 is 0 Å². The molecule has 0 aromatic rings. The van der Waals surface area contributed by atoms with Gasteiger partial charge in [-0.1, -0.05) is 6.08 Å². The summed E-state index contributed by atoms with van der Waals surface area (Å²) in [5.41, 5.74) is 0. The molecule has 0 amide bonds. The summed E-state index contributed by atoms with van der Waals surface area (Å²) in [6.45, 7) is 4.64. The lowest BCUT2D eigenvalue weighted by Gasteiger charge is -2.21. The van der Waals surface area contributed by atoms with E-state index in [1.54, 1.807) is 0 Å². The van der Waals surface area contributed by atoms with Crippen LogP contribution in [0.15, 0.2) is 12.7 Å². The molecule has 2 heteroatoms. The molecule has 1 saturated heterocycles. The maximum atomic E-state index is 3.68. The van der Waals surface area contributed by atoms with Crippen molar-refractivity contribution in [2.75, 3.05) is 18.1 Å². The van der Waals surface area contributed by atoms with Crippen LogP contribution in [0.25, 0.3) is 0 Å². The third-order valence-corrected chi connectivity index (χ3v) is 2.93. The maximum Gasteiger partial charge on any atom is 0.0161 e. The van der Waals surface area contributed by atoms with Crippen LogP contribution < -0.4 is 5.32 Å². The molecule has 1 nitrogen and oxygen atoms in total. The zero-order valence-electron chi connectivity index (χ0n) is 6.31. The molecular weight excluding hydrogens is 142 g/mol. The molecule has 10 heavy (non-hydrogen) atoms. The molecule has 0 bridgehead atoms.